The summed E-state index contributed by atoms with van der Waals surface area (Å²) in [4.78, 5) is 43.4. The van der Waals surface area contributed by atoms with Crippen molar-refractivity contribution >= 4 is 23.4 Å². The molecule has 0 unspecified atom stereocenters. The molecule has 2 fully saturated rings. The Kier molecular flexibility index (Phi) is 7.35. The summed E-state index contributed by atoms with van der Waals surface area (Å²) in [6, 6.07) is 13.6. The van der Waals surface area contributed by atoms with Crippen LogP contribution in [0.5, 0.6) is 11.5 Å². The van der Waals surface area contributed by atoms with Crippen LogP contribution in [0.25, 0.3) is 0 Å². The fourth-order valence-electron chi connectivity index (χ4n) is 5.75. The van der Waals surface area contributed by atoms with Gasteiger partial charge in [-0.25, -0.2) is 0 Å². The second-order valence-electron chi connectivity index (χ2n) is 10.1. The van der Waals surface area contributed by atoms with E-state index in [4.69, 9.17) is 9.47 Å². The standard InChI is InChI=1S/C29H35N3O5/c1-20(33)30-17-13-23(14-18-30)37-24-8-9-25(27(19-24)36-2)29(35)31-15-11-22(12-16-31)32-26-6-4-3-5-21(26)7-10-28(32)34/h3-6,8-9,19,22-23H,7,10-18H2,1-2H3. The molecule has 37 heavy (non-hydrogen) atoms. The normalized spacial score (nSPS) is 19.0. The quantitative estimate of drug-likeness (QED) is 0.620. The Balaban J connectivity index is 1.21. The van der Waals surface area contributed by atoms with Gasteiger partial charge in [-0.05, 0) is 43.0 Å². The molecule has 5 rings (SSSR count). The summed E-state index contributed by atoms with van der Waals surface area (Å²) >= 11 is 0. The van der Waals surface area contributed by atoms with E-state index in [2.05, 4.69) is 6.07 Å². The first-order valence-electron chi connectivity index (χ1n) is 13.2. The highest BCUT2D eigenvalue weighted by molar-refractivity contribution is 5.98. The molecule has 3 aliphatic heterocycles. The number of nitrogens with zero attached hydrogens (tertiary/aromatic N) is 3. The molecule has 196 valence electrons. The third-order valence-corrected chi connectivity index (χ3v) is 7.84. The minimum absolute atomic E-state index is 0.0310. The molecule has 3 amide bonds. The van der Waals surface area contributed by atoms with Gasteiger partial charge in [0.05, 0.1) is 12.7 Å². The molecule has 8 nitrogen and oxygen atoms in total. The van der Waals surface area contributed by atoms with Gasteiger partial charge in [-0.15, -0.1) is 0 Å². The van der Waals surface area contributed by atoms with E-state index in [1.165, 1.54) is 5.56 Å². The van der Waals surface area contributed by atoms with Crippen LogP contribution in [0.4, 0.5) is 5.69 Å². The number of amides is 3. The zero-order valence-corrected chi connectivity index (χ0v) is 21.7. The van der Waals surface area contributed by atoms with Crippen molar-refractivity contribution in [1.29, 1.82) is 0 Å². The van der Waals surface area contributed by atoms with Crippen molar-refractivity contribution < 1.29 is 23.9 Å². The van der Waals surface area contributed by atoms with Gasteiger partial charge in [0, 0.05) is 70.2 Å². The van der Waals surface area contributed by atoms with Crippen molar-refractivity contribution in [3.63, 3.8) is 0 Å². The van der Waals surface area contributed by atoms with Crippen LogP contribution in [-0.2, 0) is 16.0 Å². The Morgan fingerprint density at radius 3 is 2.30 bits per heavy atom. The molecule has 0 saturated carbocycles. The van der Waals surface area contributed by atoms with E-state index in [0.29, 0.717) is 49.7 Å². The monoisotopic (exact) mass is 505 g/mol. The Morgan fingerprint density at radius 2 is 1.59 bits per heavy atom. The summed E-state index contributed by atoms with van der Waals surface area (Å²) in [5, 5.41) is 0. The largest absolute Gasteiger partial charge is 0.496 e. The van der Waals surface area contributed by atoms with Crippen LogP contribution < -0.4 is 14.4 Å². The number of rotatable bonds is 5. The van der Waals surface area contributed by atoms with Gasteiger partial charge >= 0.3 is 0 Å². The number of anilines is 1. The summed E-state index contributed by atoms with van der Waals surface area (Å²) < 4.78 is 11.7. The highest BCUT2D eigenvalue weighted by atomic mass is 16.5. The lowest BCUT2D eigenvalue weighted by Crippen LogP contribution is -2.50. The predicted molar refractivity (Wildman–Crippen MR) is 140 cm³/mol. The van der Waals surface area contributed by atoms with Crippen molar-refractivity contribution in [2.75, 3.05) is 38.2 Å². The second kappa shape index (κ2) is 10.8. The average molecular weight is 506 g/mol. The van der Waals surface area contributed by atoms with Crippen LogP contribution in [0.2, 0.25) is 0 Å². The van der Waals surface area contributed by atoms with E-state index in [9.17, 15) is 14.4 Å². The minimum Gasteiger partial charge on any atom is -0.496 e. The molecule has 0 aliphatic carbocycles. The van der Waals surface area contributed by atoms with Gasteiger partial charge < -0.3 is 24.2 Å². The lowest BCUT2D eigenvalue weighted by Gasteiger charge is -2.41. The number of fused-ring (bicyclic) bond motifs is 1. The number of hydrogen-bond acceptors (Lipinski definition) is 5. The minimum atomic E-state index is -0.0676. The Morgan fingerprint density at radius 1 is 0.892 bits per heavy atom. The molecule has 2 aromatic rings. The first-order chi connectivity index (χ1) is 17.9. The number of aryl methyl sites for hydroxylation is 1. The molecular weight excluding hydrogens is 470 g/mol. The molecule has 0 spiro atoms. The van der Waals surface area contributed by atoms with E-state index >= 15 is 0 Å². The molecule has 0 radical (unpaired) electrons. The third kappa shape index (κ3) is 5.29. The van der Waals surface area contributed by atoms with Gasteiger partial charge in [0.1, 0.15) is 17.6 Å². The van der Waals surface area contributed by atoms with Crippen molar-refractivity contribution in [3.8, 4) is 11.5 Å². The first-order valence-corrected chi connectivity index (χ1v) is 13.2. The van der Waals surface area contributed by atoms with Crippen LogP contribution >= 0.6 is 0 Å². The number of para-hydroxylation sites is 1. The Bertz CT molecular complexity index is 1170. The van der Waals surface area contributed by atoms with E-state index < -0.39 is 0 Å². The van der Waals surface area contributed by atoms with E-state index in [-0.39, 0.29) is 29.9 Å². The zero-order chi connectivity index (χ0) is 25.9. The SMILES string of the molecule is COc1cc(OC2CCN(C(C)=O)CC2)ccc1C(=O)N1CCC(N2C(=O)CCc3ccccc32)CC1. The Hall–Kier alpha value is -3.55. The number of likely N-dealkylation sites (tertiary alicyclic amines) is 2. The van der Waals surface area contributed by atoms with Gasteiger partial charge in [-0.3, -0.25) is 14.4 Å². The van der Waals surface area contributed by atoms with E-state index in [0.717, 1.165) is 37.8 Å². The van der Waals surface area contributed by atoms with Crippen LogP contribution in [-0.4, -0.2) is 73.0 Å². The molecule has 0 aromatic heterocycles. The lowest BCUT2D eigenvalue weighted by molar-refractivity contribution is -0.130. The summed E-state index contributed by atoms with van der Waals surface area (Å²) in [5.74, 6) is 1.36. The smallest absolute Gasteiger partial charge is 0.257 e. The van der Waals surface area contributed by atoms with E-state index in [1.807, 2.05) is 39.0 Å². The first kappa shape index (κ1) is 25.1. The lowest BCUT2D eigenvalue weighted by atomic mass is 9.95. The van der Waals surface area contributed by atoms with Gasteiger partial charge in [0.25, 0.3) is 5.91 Å². The maximum Gasteiger partial charge on any atom is 0.257 e. The second-order valence-corrected chi connectivity index (χ2v) is 10.1. The summed E-state index contributed by atoms with van der Waals surface area (Å²) in [6.07, 6.45) is 4.41. The van der Waals surface area contributed by atoms with Gasteiger partial charge in [0.15, 0.2) is 0 Å². The highest BCUT2D eigenvalue weighted by Gasteiger charge is 2.34. The zero-order valence-electron chi connectivity index (χ0n) is 21.7. The number of ether oxygens (including phenoxy) is 2. The molecule has 2 saturated heterocycles. The molecular formula is C29H35N3O5. The van der Waals surface area contributed by atoms with Crippen LogP contribution in [0.15, 0.2) is 42.5 Å². The molecule has 3 aliphatic rings. The maximum atomic E-state index is 13.4. The van der Waals surface area contributed by atoms with Crippen molar-refractivity contribution in [1.82, 2.24) is 9.80 Å². The topological polar surface area (TPSA) is 79.4 Å². The van der Waals surface area contributed by atoms with Crippen molar-refractivity contribution in [2.45, 2.75) is 57.6 Å². The van der Waals surface area contributed by atoms with Gasteiger partial charge in [-0.1, -0.05) is 18.2 Å². The number of benzene rings is 2. The third-order valence-electron chi connectivity index (χ3n) is 7.84. The Labute approximate surface area is 218 Å². The number of hydrogen-bond donors (Lipinski definition) is 0. The molecule has 3 heterocycles. The number of methoxy groups -OCH3 is 1. The molecule has 8 heteroatoms. The van der Waals surface area contributed by atoms with Gasteiger partial charge in [0.2, 0.25) is 11.8 Å². The molecule has 0 bridgehead atoms. The highest BCUT2D eigenvalue weighted by Crippen LogP contribution is 2.33. The summed E-state index contributed by atoms with van der Waals surface area (Å²) in [7, 11) is 1.56. The van der Waals surface area contributed by atoms with Gasteiger partial charge in [-0.2, -0.15) is 0 Å². The van der Waals surface area contributed by atoms with Crippen LogP contribution in [0.3, 0.4) is 0 Å². The summed E-state index contributed by atoms with van der Waals surface area (Å²) in [6.45, 7) is 4.16. The number of carbonyl (C=O) groups is 3. The summed E-state index contributed by atoms with van der Waals surface area (Å²) in [5.41, 5.74) is 2.75. The van der Waals surface area contributed by atoms with E-state index in [1.54, 1.807) is 26.2 Å². The van der Waals surface area contributed by atoms with Crippen LogP contribution in [0.1, 0.15) is 54.9 Å². The number of piperidine rings is 2. The fourth-order valence-corrected chi connectivity index (χ4v) is 5.75. The fraction of sp³-hybridized carbons (Fsp3) is 0.483. The predicted octanol–water partition coefficient (Wildman–Crippen LogP) is 3.67. The molecule has 0 N–H and O–H groups in total. The maximum absolute atomic E-state index is 13.4. The number of carbonyl (C=O) groups excluding carboxylic acids is 3. The van der Waals surface area contributed by atoms with Crippen molar-refractivity contribution in [2.24, 2.45) is 0 Å². The van der Waals surface area contributed by atoms with Crippen molar-refractivity contribution in [3.05, 3.63) is 53.6 Å². The average Bonchev–Trinajstić information content (AvgIpc) is 2.93. The van der Waals surface area contributed by atoms with Crippen LogP contribution in [0, 0.1) is 0 Å². The molecule has 2 aromatic carbocycles. The molecule has 0 atom stereocenters.